The summed E-state index contributed by atoms with van der Waals surface area (Å²) in [5.74, 6) is 0.608. The first kappa shape index (κ1) is 22.9. The maximum atomic E-state index is 12.9. The number of carbonyl (C=O) groups is 2. The number of aryl methyl sites for hydroxylation is 1. The molecule has 0 bridgehead atoms. The Hall–Kier alpha value is -2.90. The summed E-state index contributed by atoms with van der Waals surface area (Å²) in [4.78, 5) is 25.8. The van der Waals surface area contributed by atoms with Gasteiger partial charge in [0.25, 0.3) is 0 Å². The first-order valence-electron chi connectivity index (χ1n) is 11.3. The van der Waals surface area contributed by atoms with E-state index in [1.807, 2.05) is 6.92 Å². The van der Waals surface area contributed by atoms with E-state index in [9.17, 15) is 18.0 Å². The number of ether oxygens (including phenoxy) is 1. The second-order valence-corrected chi connectivity index (χ2v) is 10.8. The van der Waals surface area contributed by atoms with Crippen LogP contribution in [0, 0.1) is 6.92 Å². The molecule has 176 valence electrons. The quantitative estimate of drug-likeness (QED) is 0.514. The van der Waals surface area contributed by atoms with Crippen LogP contribution >= 0.6 is 11.6 Å². The van der Waals surface area contributed by atoms with Gasteiger partial charge in [-0.05, 0) is 49.6 Å². The minimum absolute atomic E-state index is 0.0212. The van der Waals surface area contributed by atoms with Crippen molar-refractivity contribution in [3.63, 3.8) is 0 Å². The van der Waals surface area contributed by atoms with Crippen molar-refractivity contribution >= 4 is 33.3 Å². The van der Waals surface area contributed by atoms with Gasteiger partial charge in [-0.1, -0.05) is 35.4 Å². The lowest BCUT2D eigenvalue weighted by Crippen LogP contribution is -2.30. The molecule has 6 nitrogen and oxygen atoms in total. The van der Waals surface area contributed by atoms with Gasteiger partial charge in [-0.3, -0.25) is 9.59 Å². The average molecular weight is 499 g/mol. The van der Waals surface area contributed by atoms with E-state index in [0.717, 1.165) is 5.56 Å². The standard InChI is InChI=1S/C26H23ClO6S/c1-15-8-11-17(12-9-15)34(30,31)33-21-13-10-16(14-18(21)27)24-25-19(28)4-2-6-22(25)32-23-7-3-5-20(29)26(23)24/h8-14,24H,2-7H2,1H3. The number of ketones is 2. The molecular weight excluding hydrogens is 476 g/mol. The van der Waals surface area contributed by atoms with E-state index in [4.69, 9.17) is 20.5 Å². The third-order valence-corrected chi connectivity index (χ3v) is 7.98. The van der Waals surface area contributed by atoms with Crippen molar-refractivity contribution in [1.29, 1.82) is 0 Å². The lowest BCUT2D eigenvalue weighted by molar-refractivity contribution is -0.117. The molecule has 3 aliphatic rings. The van der Waals surface area contributed by atoms with E-state index in [1.54, 1.807) is 24.3 Å². The van der Waals surface area contributed by atoms with Gasteiger partial charge in [0.05, 0.1) is 5.02 Å². The fourth-order valence-corrected chi connectivity index (χ4v) is 6.01. The second-order valence-electron chi connectivity index (χ2n) is 8.80. The molecule has 1 heterocycles. The second kappa shape index (κ2) is 8.71. The zero-order valence-corrected chi connectivity index (χ0v) is 20.2. The maximum absolute atomic E-state index is 12.9. The summed E-state index contributed by atoms with van der Waals surface area (Å²) in [7, 11) is -4.08. The van der Waals surface area contributed by atoms with E-state index in [1.165, 1.54) is 18.2 Å². The zero-order valence-electron chi connectivity index (χ0n) is 18.6. The molecule has 0 radical (unpaired) electrons. The fraction of sp³-hybridized carbons (Fsp3) is 0.308. The molecule has 1 aliphatic heterocycles. The van der Waals surface area contributed by atoms with Gasteiger partial charge in [0.1, 0.15) is 16.4 Å². The minimum Gasteiger partial charge on any atom is -0.465 e. The van der Waals surface area contributed by atoms with Gasteiger partial charge >= 0.3 is 10.1 Å². The van der Waals surface area contributed by atoms with Gasteiger partial charge in [0, 0.05) is 42.7 Å². The number of allylic oxidation sites excluding steroid dienone is 4. The smallest absolute Gasteiger partial charge is 0.339 e. The number of hydrogen-bond acceptors (Lipinski definition) is 6. The van der Waals surface area contributed by atoms with E-state index < -0.39 is 16.0 Å². The Bertz CT molecular complexity index is 1330. The highest BCUT2D eigenvalue weighted by molar-refractivity contribution is 7.87. The van der Waals surface area contributed by atoms with Crippen LogP contribution < -0.4 is 4.18 Å². The predicted octanol–water partition coefficient (Wildman–Crippen LogP) is 5.54. The monoisotopic (exact) mass is 498 g/mol. The Balaban J connectivity index is 1.53. The van der Waals surface area contributed by atoms with Crippen LogP contribution in [0.3, 0.4) is 0 Å². The number of hydrogen-bond donors (Lipinski definition) is 0. The fourth-order valence-electron chi connectivity index (χ4n) is 4.79. The Morgan fingerprint density at radius 1 is 0.882 bits per heavy atom. The Morgan fingerprint density at radius 2 is 1.47 bits per heavy atom. The molecule has 0 unspecified atom stereocenters. The van der Waals surface area contributed by atoms with Gasteiger partial charge in [-0.2, -0.15) is 8.42 Å². The third-order valence-electron chi connectivity index (χ3n) is 6.44. The van der Waals surface area contributed by atoms with Crippen LogP contribution in [0.25, 0.3) is 0 Å². The van der Waals surface area contributed by atoms with E-state index >= 15 is 0 Å². The van der Waals surface area contributed by atoms with Gasteiger partial charge in [-0.25, -0.2) is 0 Å². The molecule has 2 aliphatic carbocycles. The summed E-state index contributed by atoms with van der Waals surface area (Å²) >= 11 is 6.47. The molecule has 0 spiro atoms. The van der Waals surface area contributed by atoms with Gasteiger partial charge in [-0.15, -0.1) is 0 Å². The molecule has 0 saturated heterocycles. The van der Waals surface area contributed by atoms with Crippen LogP contribution in [0.4, 0.5) is 0 Å². The summed E-state index contributed by atoms with van der Waals surface area (Å²) in [6, 6.07) is 11.0. The Morgan fingerprint density at radius 3 is 2.03 bits per heavy atom. The normalized spacial score (nSPS) is 19.0. The van der Waals surface area contributed by atoms with Crippen molar-refractivity contribution in [1.82, 2.24) is 0 Å². The highest BCUT2D eigenvalue weighted by atomic mass is 35.5. The molecule has 34 heavy (non-hydrogen) atoms. The summed E-state index contributed by atoms with van der Waals surface area (Å²) in [6.45, 7) is 1.86. The number of carbonyl (C=O) groups excluding carboxylic acids is 2. The average Bonchev–Trinajstić information content (AvgIpc) is 2.80. The lowest BCUT2D eigenvalue weighted by atomic mass is 9.73. The van der Waals surface area contributed by atoms with Gasteiger partial charge < -0.3 is 8.92 Å². The van der Waals surface area contributed by atoms with Crippen LogP contribution in [-0.4, -0.2) is 20.0 Å². The van der Waals surface area contributed by atoms with Gasteiger partial charge in [0.2, 0.25) is 0 Å². The van der Waals surface area contributed by atoms with Crippen molar-refractivity contribution < 1.29 is 26.9 Å². The van der Waals surface area contributed by atoms with Crippen molar-refractivity contribution in [2.24, 2.45) is 0 Å². The summed E-state index contributed by atoms with van der Waals surface area (Å²) < 4.78 is 36.8. The van der Waals surface area contributed by atoms with E-state index in [2.05, 4.69) is 0 Å². The molecule has 0 N–H and O–H groups in total. The van der Waals surface area contributed by atoms with Crippen LogP contribution in [0.2, 0.25) is 5.02 Å². The molecule has 5 rings (SSSR count). The van der Waals surface area contributed by atoms with E-state index in [0.29, 0.717) is 66.8 Å². The molecule has 0 amide bonds. The number of benzene rings is 2. The molecule has 2 aromatic carbocycles. The molecule has 0 fully saturated rings. The predicted molar refractivity (Wildman–Crippen MR) is 126 cm³/mol. The Kier molecular flexibility index (Phi) is 5.86. The Labute approximate surface area is 203 Å². The molecule has 8 heteroatoms. The molecule has 0 saturated carbocycles. The first-order valence-corrected chi connectivity index (χ1v) is 13.0. The number of rotatable bonds is 4. The summed E-state index contributed by atoms with van der Waals surface area (Å²) in [5.41, 5.74) is 2.59. The highest BCUT2D eigenvalue weighted by Gasteiger charge is 2.41. The summed E-state index contributed by atoms with van der Waals surface area (Å²) in [5, 5.41) is 0.0792. The van der Waals surface area contributed by atoms with Crippen molar-refractivity contribution in [2.45, 2.75) is 56.3 Å². The van der Waals surface area contributed by atoms with Crippen molar-refractivity contribution in [3.8, 4) is 5.75 Å². The first-order chi connectivity index (χ1) is 16.2. The maximum Gasteiger partial charge on any atom is 0.339 e. The van der Waals surface area contributed by atoms with Gasteiger partial charge in [0.15, 0.2) is 17.3 Å². The lowest BCUT2D eigenvalue weighted by Gasteiger charge is -2.36. The molecule has 0 aromatic heterocycles. The molecular formula is C26H23ClO6S. The minimum atomic E-state index is -4.08. The van der Waals surface area contributed by atoms with E-state index in [-0.39, 0.29) is 27.2 Å². The molecule has 0 atom stereocenters. The zero-order chi connectivity index (χ0) is 24.0. The topological polar surface area (TPSA) is 86.7 Å². The molecule has 2 aromatic rings. The SMILES string of the molecule is Cc1ccc(S(=O)(=O)Oc2ccc(C3C4=C(CCCC4=O)OC4=C3C(=O)CCC4)cc2Cl)cc1. The largest absolute Gasteiger partial charge is 0.465 e. The van der Waals surface area contributed by atoms with Crippen molar-refractivity contribution in [2.75, 3.05) is 0 Å². The summed E-state index contributed by atoms with van der Waals surface area (Å²) in [6.07, 6.45) is 3.52. The number of halogens is 1. The van der Waals surface area contributed by atoms with Crippen molar-refractivity contribution in [3.05, 3.63) is 81.3 Å². The third kappa shape index (κ3) is 4.07. The van der Waals surface area contributed by atoms with Crippen LogP contribution in [0.15, 0.2) is 70.0 Å². The van der Waals surface area contributed by atoms with Crippen LogP contribution in [0.5, 0.6) is 5.75 Å². The van der Waals surface area contributed by atoms with Crippen LogP contribution in [0.1, 0.15) is 55.6 Å². The number of Topliss-reactive ketones (excluding diaryl/α,β-unsaturated/α-hetero) is 2. The van der Waals surface area contributed by atoms with Crippen LogP contribution in [-0.2, 0) is 24.4 Å². The highest BCUT2D eigenvalue weighted by Crippen LogP contribution is 2.48.